The van der Waals surface area contributed by atoms with Crippen molar-refractivity contribution in [1.82, 2.24) is 10.3 Å². The summed E-state index contributed by atoms with van der Waals surface area (Å²) in [5.74, 6) is 1.10. The molecule has 1 aliphatic carbocycles. The zero-order chi connectivity index (χ0) is 13.2. The first kappa shape index (κ1) is 12.9. The average molecular weight is 263 g/mol. The molecular weight excluding hydrogens is 241 g/mol. The molecule has 1 aromatic rings. The molecule has 1 saturated carbocycles. The molecule has 2 aliphatic rings. The van der Waals surface area contributed by atoms with Gasteiger partial charge >= 0.3 is 0 Å². The first-order valence-electron chi connectivity index (χ1n) is 7.39. The monoisotopic (exact) mass is 263 g/mol. The summed E-state index contributed by atoms with van der Waals surface area (Å²) in [4.78, 5) is 6.36. The molecule has 0 amide bonds. The second-order valence-electron chi connectivity index (χ2n) is 5.77. The molecule has 0 radical (unpaired) electrons. The van der Waals surface area contributed by atoms with E-state index in [0.717, 1.165) is 25.1 Å². The third-order valence-electron chi connectivity index (χ3n) is 4.27. The van der Waals surface area contributed by atoms with E-state index in [0.29, 0.717) is 24.3 Å². The molecule has 2 heterocycles. The number of nitrogens with one attached hydrogen (secondary N) is 1. The third-order valence-corrected chi connectivity index (χ3v) is 4.27. The van der Waals surface area contributed by atoms with Crippen LogP contribution in [0.3, 0.4) is 0 Å². The summed E-state index contributed by atoms with van der Waals surface area (Å²) in [6.45, 7) is 4.70. The van der Waals surface area contributed by atoms with Crippen LogP contribution < -0.4 is 10.2 Å². The molecule has 2 fully saturated rings. The van der Waals surface area contributed by atoms with Crippen LogP contribution in [0.4, 0.5) is 10.2 Å². The minimum absolute atomic E-state index is 0.132. The summed E-state index contributed by atoms with van der Waals surface area (Å²) < 4.78 is 14.5. The van der Waals surface area contributed by atoms with Crippen molar-refractivity contribution in [3.8, 4) is 0 Å². The Morgan fingerprint density at radius 1 is 1.42 bits per heavy atom. The van der Waals surface area contributed by atoms with Gasteiger partial charge in [-0.25, -0.2) is 9.37 Å². The Morgan fingerprint density at radius 3 is 2.95 bits per heavy atom. The number of hydrogen-bond donors (Lipinski definition) is 1. The maximum absolute atomic E-state index is 14.5. The molecule has 1 aliphatic heterocycles. The van der Waals surface area contributed by atoms with Crippen molar-refractivity contribution in [1.29, 1.82) is 0 Å². The Hall–Kier alpha value is -1.16. The minimum Gasteiger partial charge on any atom is -0.354 e. The fourth-order valence-corrected chi connectivity index (χ4v) is 2.73. The smallest absolute Gasteiger partial charge is 0.170 e. The van der Waals surface area contributed by atoms with Crippen LogP contribution in [0.25, 0.3) is 0 Å². The fraction of sp³-hybridized carbons (Fsp3) is 0.667. The first-order chi connectivity index (χ1) is 9.28. The highest BCUT2D eigenvalue weighted by molar-refractivity contribution is 5.44. The predicted octanol–water partition coefficient (Wildman–Crippen LogP) is 2.71. The second-order valence-corrected chi connectivity index (χ2v) is 5.77. The van der Waals surface area contributed by atoms with E-state index in [9.17, 15) is 4.39 Å². The van der Waals surface area contributed by atoms with E-state index >= 15 is 0 Å². The van der Waals surface area contributed by atoms with Crippen LogP contribution in [0.5, 0.6) is 0 Å². The van der Waals surface area contributed by atoms with Crippen molar-refractivity contribution in [3.63, 3.8) is 0 Å². The Morgan fingerprint density at radius 2 is 2.26 bits per heavy atom. The summed E-state index contributed by atoms with van der Waals surface area (Å²) in [6, 6.07) is 2.40. The highest BCUT2D eigenvalue weighted by Crippen LogP contribution is 2.27. The van der Waals surface area contributed by atoms with Gasteiger partial charge in [-0.05, 0) is 31.2 Å². The van der Waals surface area contributed by atoms with E-state index < -0.39 is 0 Å². The SMILES string of the molecule is CCC1CCN(c2nccc(CNC3CC3)c2F)C1. The predicted molar refractivity (Wildman–Crippen MR) is 74.7 cm³/mol. The first-order valence-corrected chi connectivity index (χ1v) is 7.39. The molecule has 1 N–H and O–H groups in total. The van der Waals surface area contributed by atoms with Gasteiger partial charge in [0.25, 0.3) is 0 Å². The molecule has 4 heteroatoms. The van der Waals surface area contributed by atoms with Gasteiger partial charge in [0.05, 0.1) is 0 Å². The summed E-state index contributed by atoms with van der Waals surface area (Å²) >= 11 is 0. The molecule has 3 nitrogen and oxygen atoms in total. The Labute approximate surface area is 114 Å². The normalized spacial score (nSPS) is 23.1. The number of pyridine rings is 1. The molecule has 0 bridgehead atoms. The van der Waals surface area contributed by atoms with Gasteiger partial charge in [-0.2, -0.15) is 0 Å². The van der Waals surface area contributed by atoms with E-state index in [2.05, 4.69) is 22.1 Å². The van der Waals surface area contributed by atoms with Crippen LogP contribution in [0.1, 0.15) is 38.2 Å². The largest absolute Gasteiger partial charge is 0.354 e. The van der Waals surface area contributed by atoms with Crippen LogP contribution in [-0.4, -0.2) is 24.1 Å². The van der Waals surface area contributed by atoms with Crippen molar-refractivity contribution < 1.29 is 4.39 Å². The van der Waals surface area contributed by atoms with E-state index in [1.807, 2.05) is 0 Å². The molecule has 1 atom stereocenters. The highest BCUT2D eigenvalue weighted by Gasteiger charge is 2.26. The van der Waals surface area contributed by atoms with E-state index in [4.69, 9.17) is 0 Å². The molecule has 0 spiro atoms. The number of halogens is 1. The molecule has 1 aromatic heterocycles. The zero-order valence-electron chi connectivity index (χ0n) is 11.5. The van der Waals surface area contributed by atoms with Crippen molar-refractivity contribution >= 4 is 5.82 Å². The van der Waals surface area contributed by atoms with Gasteiger partial charge < -0.3 is 10.2 Å². The van der Waals surface area contributed by atoms with Gasteiger partial charge in [0.2, 0.25) is 0 Å². The van der Waals surface area contributed by atoms with Gasteiger partial charge in [-0.1, -0.05) is 13.3 Å². The zero-order valence-corrected chi connectivity index (χ0v) is 11.5. The number of nitrogens with zero attached hydrogens (tertiary/aromatic N) is 2. The van der Waals surface area contributed by atoms with Gasteiger partial charge in [0.15, 0.2) is 11.6 Å². The van der Waals surface area contributed by atoms with Gasteiger partial charge in [0.1, 0.15) is 0 Å². The molecule has 3 rings (SSSR count). The van der Waals surface area contributed by atoms with Crippen molar-refractivity contribution in [2.45, 2.75) is 45.2 Å². The number of anilines is 1. The van der Waals surface area contributed by atoms with Crippen LogP contribution in [-0.2, 0) is 6.54 Å². The average Bonchev–Trinajstić information content (AvgIpc) is 3.13. The number of rotatable bonds is 5. The van der Waals surface area contributed by atoms with E-state index in [-0.39, 0.29) is 5.82 Å². The lowest BCUT2D eigenvalue weighted by Crippen LogP contribution is -2.23. The Kier molecular flexibility index (Phi) is 3.69. The fourth-order valence-electron chi connectivity index (χ4n) is 2.73. The van der Waals surface area contributed by atoms with Crippen molar-refractivity contribution in [2.75, 3.05) is 18.0 Å². The molecule has 19 heavy (non-hydrogen) atoms. The lowest BCUT2D eigenvalue weighted by atomic mass is 10.1. The molecule has 104 valence electrons. The molecule has 1 unspecified atom stereocenters. The quantitative estimate of drug-likeness (QED) is 0.885. The molecule has 0 aromatic carbocycles. The summed E-state index contributed by atoms with van der Waals surface area (Å²) in [6.07, 6.45) is 6.51. The van der Waals surface area contributed by atoms with Crippen molar-refractivity contribution in [3.05, 3.63) is 23.6 Å². The van der Waals surface area contributed by atoms with Crippen LogP contribution in [0.15, 0.2) is 12.3 Å². The van der Waals surface area contributed by atoms with Gasteiger partial charge in [-0.3, -0.25) is 0 Å². The van der Waals surface area contributed by atoms with Crippen LogP contribution in [0, 0.1) is 11.7 Å². The summed E-state index contributed by atoms with van der Waals surface area (Å²) in [5, 5.41) is 3.37. The van der Waals surface area contributed by atoms with E-state index in [1.54, 1.807) is 12.3 Å². The molecule has 1 saturated heterocycles. The summed E-state index contributed by atoms with van der Waals surface area (Å²) in [7, 11) is 0. The van der Waals surface area contributed by atoms with Crippen molar-refractivity contribution in [2.24, 2.45) is 5.92 Å². The highest BCUT2D eigenvalue weighted by atomic mass is 19.1. The summed E-state index contributed by atoms with van der Waals surface area (Å²) in [5.41, 5.74) is 0.747. The minimum atomic E-state index is -0.132. The van der Waals surface area contributed by atoms with Gasteiger partial charge in [0, 0.05) is 37.4 Å². The van der Waals surface area contributed by atoms with Crippen LogP contribution in [0.2, 0.25) is 0 Å². The lowest BCUT2D eigenvalue weighted by molar-refractivity contribution is 0.561. The second kappa shape index (κ2) is 5.45. The number of aromatic nitrogens is 1. The number of hydrogen-bond acceptors (Lipinski definition) is 3. The maximum Gasteiger partial charge on any atom is 0.170 e. The van der Waals surface area contributed by atoms with Crippen LogP contribution >= 0.6 is 0 Å². The third kappa shape index (κ3) is 2.89. The topological polar surface area (TPSA) is 28.2 Å². The Balaban J connectivity index is 1.71. The maximum atomic E-state index is 14.5. The lowest BCUT2D eigenvalue weighted by Gasteiger charge is -2.19. The standard InChI is InChI=1S/C15H22FN3/c1-2-11-6-8-19(10-11)15-14(16)12(5-7-17-15)9-18-13-3-4-13/h5,7,11,13,18H,2-4,6,8-10H2,1H3. The van der Waals surface area contributed by atoms with Gasteiger partial charge in [-0.15, -0.1) is 0 Å². The van der Waals surface area contributed by atoms with E-state index in [1.165, 1.54) is 19.3 Å². The molecular formula is C15H22FN3. The Bertz CT molecular complexity index is 445.